The zero-order valence-electron chi connectivity index (χ0n) is 22.6. The monoisotopic (exact) mass is 558 g/mol. The molecule has 1 atom stereocenters. The van der Waals surface area contributed by atoms with E-state index < -0.39 is 0 Å². The molecule has 0 fully saturated rings. The highest BCUT2D eigenvalue weighted by Crippen LogP contribution is 2.48. The van der Waals surface area contributed by atoms with Crippen molar-refractivity contribution in [1.29, 1.82) is 0 Å². The number of rotatable bonds is 5. The van der Waals surface area contributed by atoms with Crippen molar-refractivity contribution in [3.05, 3.63) is 125 Å². The third kappa shape index (κ3) is 4.44. The minimum Gasteiger partial charge on any atom is -0.494 e. The molecule has 202 valence electrons. The van der Waals surface area contributed by atoms with E-state index in [4.69, 9.17) is 31.4 Å². The van der Waals surface area contributed by atoms with Crippen LogP contribution in [0.2, 0.25) is 5.02 Å². The Kier molecular flexibility index (Phi) is 6.29. The van der Waals surface area contributed by atoms with E-state index in [9.17, 15) is 0 Å². The average Bonchev–Trinajstić information content (AvgIpc) is 3.33. The third-order valence-corrected chi connectivity index (χ3v) is 7.47. The first-order chi connectivity index (χ1) is 20.1. The second-order valence-electron chi connectivity index (χ2n) is 9.86. The standard InChI is InChI=1S/C33H27ClN6O/c1-3-41-26-18-16-24(17-19-26)35-31-33-37-32-29(21(2)38-40(32)25-12-5-4-6-13-25)30(22-10-9-11-23(34)20-22)39(33)28-15-8-7-14-27(28)36-31/h4-20,30H,3H2,1-2H3,(H,35,36)/t30-/m1/s1. The number of anilines is 2. The van der Waals surface area contributed by atoms with E-state index in [1.807, 2.05) is 110 Å². The van der Waals surface area contributed by atoms with Crippen molar-refractivity contribution in [3.8, 4) is 11.4 Å². The van der Waals surface area contributed by atoms with Gasteiger partial charge in [0.05, 0.1) is 35.4 Å². The third-order valence-electron chi connectivity index (χ3n) is 7.23. The predicted octanol–water partition coefficient (Wildman–Crippen LogP) is 8.03. The molecular formula is C33H27ClN6O. The van der Waals surface area contributed by atoms with Crippen LogP contribution in [0.3, 0.4) is 0 Å². The van der Waals surface area contributed by atoms with Gasteiger partial charge in [0.1, 0.15) is 5.75 Å². The molecule has 7 rings (SSSR count). The van der Waals surface area contributed by atoms with Crippen LogP contribution in [0, 0.1) is 6.92 Å². The fourth-order valence-electron chi connectivity index (χ4n) is 5.48. The van der Waals surface area contributed by atoms with Crippen molar-refractivity contribution < 1.29 is 4.74 Å². The van der Waals surface area contributed by atoms with Crippen LogP contribution in [0.25, 0.3) is 5.69 Å². The lowest BCUT2D eigenvalue weighted by Gasteiger charge is -2.40. The van der Waals surface area contributed by atoms with E-state index in [0.717, 1.165) is 51.1 Å². The Balaban J connectivity index is 1.45. The molecule has 0 amide bonds. The average molecular weight is 559 g/mol. The fraction of sp³-hybridized carbons (Fsp3) is 0.121. The highest BCUT2D eigenvalue weighted by molar-refractivity contribution is 6.51. The lowest BCUT2D eigenvalue weighted by Crippen LogP contribution is -2.46. The number of para-hydroxylation sites is 3. The van der Waals surface area contributed by atoms with Gasteiger partial charge in [0.2, 0.25) is 0 Å². The van der Waals surface area contributed by atoms with Gasteiger partial charge in [-0.1, -0.05) is 54.1 Å². The zero-order chi connectivity index (χ0) is 27.9. The van der Waals surface area contributed by atoms with Gasteiger partial charge in [-0.3, -0.25) is 0 Å². The molecule has 2 aliphatic heterocycles. The largest absolute Gasteiger partial charge is 0.494 e. The van der Waals surface area contributed by atoms with Gasteiger partial charge in [0.15, 0.2) is 17.5 Å². The number of amidine groups is 2. The van der Waals surface area contributed by atoms with E-state index in [1.165, 1.54) is 0 Å². The number of ether oxygens (including phenoxy) is 1. The summed E-state index contributed by atoms with van der Waals surface area (Å²) < 4.78 is 7.56. The Bertz CT molecular complexity index is 1810. The van der Waals surface area contributed by atoms with Crippen LogP contribution >= 0.6 is 11.6 Å². The van der Waals surface area contributed by atoms with E-state index >= 15 is 0 Å². The minimum absolute atomic E-state index is 0.234. The van der Waals surface area contributed by atoms with E-state index in [2.05, 4.69) is 22.3 Å². The zero-order valence-corrected chi connectivity index (χ0v) is 23.4. The number of aromatic nitrogens is 2. The summed E-state index contributed by atoms with van der Waals surface area (Å²) >= 11 is 6.56. The summed E-state index contributed by atoms with van der Waals surface area (Å²) in [5, 5.41) is 9.20. The molecule has 1 N–H and O–H groups in total. The first-order valence-corrected chi connectivity index (χ1v) is 13.9. The highest BCUT2D eigenvalue weighted by atomic mass is 35.5. The van der Waals surface area contributed by atoms with Gasteiger partial charge in [-0.05, 0) is 80.1 Å². The Hall–Kier alpha value is -4.88. The molecule has 5 aromatic rings. The van der Waals surface area contributed by atoms with Crippen LogP contribution in [-0.2, 0) is 0 Å². The first kappa shape index (κ1) is 25.1. The molecule has 0 saturated carbocycles. The van der Waals surface area contributed by atoms with Crippen molar-refractivity contribution in [2.75, 3.05) is 16.8 Å². The van der Waals surface area contributed by atoms with Gasteiger partial charge < -0.3 is 15.0 Å². The molecule has 0 aliphatic carbocycles. The molecule has 1 aromatic heterocycles. The van der Waals surface area contributed by atoms with E-state index in [-0.39, 0.29) is 6.04 Å². The van der Waals surface area contributed by atoms with Gasteiger partial charge in [0, 0.05) is 16.3 Å². The summed E-state index contributed by atoms with van der Waals surface area (Å²) in [5.74, 6) is 2.93. The Morgan fingerprint density at radius 2 is 1.66 bits per heavy atom. The summed E-state index contributed by atoms with van der Waals surface area (Å²) in [6.45, 7) is 4.63. The number of nitrogens with zero attached hydrogens (tertiary/aromatic N) is 5. The second kappa shape index (κ2) is 10.3. The van der Waals surface area contributed by atoms with Crippen LogP contribution in [-0.4, -0.2) is 28.1 Å². The van der Waals surface area contributed by atoms with Crippen molar-refractivity contribution in [2.45, 2.75) is 19.9 Å². The molecule has 41 heavy (non-hydrogen) atoms. The summed E-state index contributed by atoms with van der Waals surface area (Å²) in [6, 6.07) is 33.9. The van der Waals surface area contributed by atoms with Gasteiger partial charge in [-0.15, -0.1) is 0 Å². The Morgan fingerprint density at radius 3 is 2.44 bits per heavy atom. The minimum atomic E-state index is -0.234. The first-order valence-electron chi connectivity index (χ1n) is 13.6. The number of nitrogens with one attached hydrogen (secondary N) is 1. The van der Waals surface area contributed by atoms with Gasteiger partial charge in [-0.2, -0.15) is 5.10 Å². The lowest BCUT2D eigenvalue weighted by atomic mass is 9.93. The molecule has 0 spiro atoms. The van der Waals surface area contributed by atoms with Crippen LogP contribution in [0.4, 0.5) is 22.9 Å². The molecule has 4 aromatic carbocycles. The van der Waals surface area contributed by atoms with Crippen LogP contribution in [0.15, 0.2) is 113 Å². The lowest BCUT2D eigenvalue weighted by molar-refractivity contribution is 0.340. The van der Waals surface area contributed by atoms with Crippen LogP contribution in [0.5, 0.6) is 5.75 Å². The molecule has 8 heteroatoms. The number of hydrogen-bond donors (Lipinski definition) is 1. The normalized spacial score (nSPS) is 15.3. The van der Waals surface area contributed by atoms with Crippen molar-refractivity contribution >= 4 is 46.2 Å². The number of aliphatic imine (C=N–C) groups is 2. The number of halogens is 1. The van der Waals surface area contributed by atoms with Crippen LogP contribution in [0.1, 0.15) is 29.8 Å². The quantitative estimate of drug-likeness (QED) is 0.237. The van der Waals surface area contributed by atoms with Crippen molar-refractivity contribution in [3.63, 3.8) is 0 Å². The van der Waals surface area contributed by atoms with Gasteiger partial charge in [0.25, 0.3) is 0 Å². The molecule has 0 radical (unpaired) electrons. The molecule has 0 bridgehead atoms. The Labute approximate surface area is 243 Å². The van der Waals surface area contributed by atoms with Crippen molar-refractivity contribution in [2.24, 2.45) is 9.98 Å². The number of hydrogen-bond acceptors (Lipinski definition) is 6. The molecular weight excluding hydrogens is 532 g/mol. The number of benzene rings is 4. The molecule has 3 heterocycles. The highest BCUT2D eigenvalue weighted by Gasteiger charge is 2.41. The maximum Gasteiger partial charge on any atom is 0.179 e. The summed E-state index contributed by atoms with van der Waals surface area (Å²) in [5.41, 5.74) is 6.60. The van der Waals surface area contributed by atoms with Crippen LogP contribution < -0.4 is 15.0 Å². The van der Waals surface area contributed by atoms with E-state index in [0.29, 0.717) is 23.3 Å². The van der Waals surface area contributed by atoms with E-state index in [1.54, 1.807) is 0 Å². The molecule has 0 unspecified atom stereocenters. The predicted molar refractivity (Wildman–Crippen MR) is 166 cm³/mol. The molecule has 0 saturated heterocycles. The Morgan fingerprint density at radius 1 is 0.878 bits per heavy atom. The maximum absolute atomic E-state index is 6.56. The number of fused-ring (bicyclic) bond motifs is 4. The summed E-state index contributed by atoms with van der Waals surface area (Å²) in [6.07, 6.45) is 0. The molecule has 7 nitrogen and oxygen atoms in total. The van der Waals surface area contributed by atoms with Crippen molar-refractivity contribution in [1.82, 2.24) is 9.78 Å². The molecule has 2 aliphatic rings. The smallest absolute Gasteiger partial charge is 0.179 e. The summed E-state index contributed by atoms with van der Waals surface area (Å²) in [4.78, 5) is 12.6. The summed E-state index contributed by atoms with van der Waals surface area (Å²) in [7, 11) is 0. The van der Waals surface area contributed by atoms with Gasteiger partial charge in [-0.25, -0.2) is 14.7 Å². The van der Waals surface area contributed by atoms with Gasteiger partial charge >= 0.3 is 0 Å². The topological polar surface area (TPSA) is 67.0 Å². The maximum atomic E-state index is 6.56. The number of aryl methyl sites for hydroxylation is 1. The fourth-order valence-corrected chi connectivity index (χ4v) is 5.68. The second-order valence-corrected chi connectivity index (χ2v) is 10.3. The SMILES string of the molecule is CCOc1ccc(NC2=Nc3ccccc3N3C2=Nc2c(c(C)nn2-c2ccccc2)[C@H]3c2cccc(Cl)c2)cc1.